The zero-order valence-corrected chi connectivity index (χ0v) is 14.1. The number of benzene rings is 2. The summed E-state index contributed by atoms with van der Waals surface area (Å²) < 4.78 is 27.5. The van der Waals surface area contributed by atoms with Crippen molar-refractivity contribution in [2.45, 2.75) is 24.3 Å². The van der Waals surface area contributed by atoms with Crippen LogP contribution in [0.2, 0.25) is 10.0 Å². The van der Waals surface area contributed by atoms with E-state index in [1.807, 2.05) is 0 Å². The second-order valence-corrected chi connectivity index (χ2v) is 7.89. The molecule has 0 fully saturated rings. The van der Waals surface area contributed by atoms with Crippen LogP contribution in [-0.4, -0.2) is 14.5 Å². The van der Waals surface area contributed by atoms with Crippen molar-refractivity contribution >= 4 is 44.6 Å². The molecule has 2 aromatic rings. The summed E-state index contributed by atoms with van der Waals surface area (Å²) in [6.45, 7) is 2.06. The first kappa shape index (κ1) is 15.5. The molecule has 116 valence electrons. The summed E-state index contributed by atoms with van der Waals surface area (Å²) in [6.07, 6.45) is 0.807. The van der Waals surface area contributed by atoms with Gasteiger partial charge >= 0.3 is 0 Å². The third-order valence-electron chi connectivity index (χ3n) is 3.43. The van der Waals surface area contributed by atoms with Crippen molar-refractivity contribution in [3.05, 3.63) is 52.0 Å². The number of hydrogen-bond donors (Lipinski definition) is 2. The predicted molar refractivity (Wildman–Crippen MR) is 90.5 cm³/mol. The molecule has 4 nitrogen and oxygen atoms in total. The number of nitrogens with one attached hydrogen (secondary N) is 2. The molecule has 1 aliphatic rings. The molecule has 0 amide bonds. The minimum atomic E-state index is -3.68. The second-order valence-electron chi connectivity index (χ2n) is 5.33. The maximum absolute atomic E-state index is 12.5. The fourth-order valence-corrected chi connectivity index (χ4v) is 4.14. The Kier molecular flexibility index (Phi) is 3.97. The van der Waals surface area contributed by atoms with E-state index in [-0.39, 0.29) is 4.90 Å². The van der Waals surface area contributed by atoms with Gasteiger partial charge in [-0.1, -0.05) is 23.2 Å². The highest BCUT2D eigenvalue weighted by atomic mass is 35.5. The maximum Gasteiger partial charge on any atom is 0.261 e. The molecule has 0 aliphatic carbocycles. The van der Waals surface area contributed by atoms with Crippen LogP contribution in [0.25, 0.3) is 0 Å². The summed E-state index contributed by atoms with van der Waals surface area (Å²) >= 11 is 11.8. The minimum absolute atomic E-state index is 0.221. The molecular weight excluding hydrogens is 343 g/mol. The van der Waals surface area contributed by atoms with E-state index < -0.39 is 10.0 Å². The minimum Gasteiger partial charge on any atom is -0.382 e. The van der Waals surface area contributed by atoms with Gasteiger partial charge in [-0.25, -0.2) is 8.42 Å². The van der Waals surface area contributed by atoms with Crippen LogP contribution in [0.3, 0.4) is 0 Å². The summed E-state index contributed by atoms with van der Waals surface area (Å²) in [5.74, 6) is 0. The van der Waals surface area contributed by atoms with Crippen LogP contribution in [-0.2, 0) is 16.4 Å². The van der Waals surface area contributed by atoms with Crippen LogP contribution in [0, 0.1) is 0 Å². The van der Waals surface area contributed by atoms with Crippen molar-refractivity contribution in [1.82, 2.24) is 0 Å². The molecule has 1 heterocycles. The van der Waals surface area contributed by atoms with Crippen molar-refractivity contribution in [3.63, 3.8) is 0 Å². The molecule has 2 aromatic carbocycles. The van der Waals surface area contributed by atoms with Crippen molar-refractivity contribution in [2.75, 3.05) is 10.0 Å². The van der Waals surface area contributed by atoms with E-state index in [0.29, 0.717) is 21.8 Å². The Morgan fingerprint density at radius 2 is 1.82 bits per heavy atom. The van der Waals surface area contributed by atoms with Gasteiger partial charge in [-0.15, -0.1) is 0 Å². The number of fused-ring (bicyclic) bond motifs is 1. The summed E-state index contributed by atoms with van der Waals surface area (Å²) in [5.41, 5.74) is 2.32. The summed E-state index contributed by atoms with van der Waals surface area (Å²) in [5, 5.41) is 4.04. The van der Waals surface area contributed by atoms with E-state index in [2.05, 4.69) is 17.0 Å². The average molecular weight is 357 g/mol. The Morgan fingerprint density at radius 3 is 2.50 bits per heavy atom. The van der Waals surface area contributed by atoms with Crippen molar-refractivity contribution in [3.8, 4) is 0 Å². The van der Waals surface area contributed by atoms with Gasteiger partial charge in [0.25, 0.3) is 10.0 Å². The highest BCUT2D eigenvalue weighted by Gasteiger charge is 2.21. The number of halogens is 2. The summed E-state index contributed by atoms with van der Waals surface area (Å²) in [4.78, 5) is 0.221. The van der Waals surface area contributed by atoms with Crippen LogP contribution in [0.4, 0.5) is 11.4 Å². The van der Waals surface area contributed by atoms with Crippen LogP contribution < -0.4 is 10.0 Å². The first-order chi connectivity index (χ1) is 10.3. The van der Waals surface area contributed by atoms with E-state index in [0.717, 1.165) is 17.7 Å². The summed E-state index contributed by atoms with van der Waals surface area (Å²) in [7, 11) is -3.68. The molecule has 0 radical (unpaired) electrons. The van der Waals surface area contributed by atoms with E-state index in [1.54, 1.807) is 24.3 Å². The first-order valence-corrected chi connectivity index (χ1v) is 8.96. The van der Waals surface area contributed by atoms with Crippen LogP contribution in [0.5, 0.6) is 0 Å². The van der Waals surface area contributed by atoms with Gasteiger partial charge in [0.1, 0.15) is 0 Å². The van der Waals surface area contributed by atoms with E-state index >= 15 is 0 Å². The van der Waals surface area contributed by atoms with Crippen LogP contribution in [0.15, 0.2) is 41.3 Å². The topological polar surface area (TPSA) is 58.2 Å². The zero-order valence-electron chi connectivity index (χ0n) is 11.7. The molecule has 1 aliphatic heterocycles. The molecule has 0 unspecified atom stereocenters. The van der Waals surface area contributed by atoms with E-state index in [4.69, 9.17) is 23.2 Å². The number of hydrogen-bond acceptors (Lipinski definition) is 3. The molecule has 0 saturated heterocycles. The van der Waals surface area contributed by atoms with Gasteiger partial charge in [-0.2, -0.15) is 0 Å². The Morgan fingerprint density at radius 1 is 1.14 bits per heavy atom. The largest absolute Gasteiger partial charge is 0.382 e. The molecule has 2 N–H and O–H groups in total. The molecule has 3 rings (SSSR count). The number of anilines is 2. The smallest absolute Gasteiger partial charge is 0.261 e. The van der Waals surface area contributed by atoms with Gasteiger partial charge in [0.2, 0.25) is 0 Å². The fourth-order valence-electron chi connectivity index (χ4n) is 2.52. The average Bonchev–Trinajstić information content (AvgIpc) is 2.75. The second kappa shape index (κ2) is 5.65. The lowest BCUT2D eigenvalue weighted by atomic mass is 10.1. The maximum atomic E-state index is 12.5. The number of sulfonamides is 1. The SMILES string of the molecule is C[C@@H]1Cc2cc(S(=O)(=O)Nc3cc(Cl)cc(Cl)c3)ccc2N1. The molecule has 7 heteroatoms. The standard InChI is InChI=1S/C15H14Cl2N2O2S/c1-9-4-10-5-14(2-3-15(10)18-9)22(20,21)19-13-7-11(16)6-12(17)8-13/h2-3,5-9,18-19H,4H2,1H3/t9-/m1/s1. The van der Waals surface area contributed by atoms with Gasteiger partial charge in [0.05, 0.1) is 10.6 Å². The molecular formula is C15H14Cl2N2O2S. The fraction of sp³-hybridized carbons (Fsp3) is 0.200. The van der Waals surface area contributed by atoms with Crippen molar-refractivity contribution in [1.29, 1.82) is 0 Å². The molecule has 0 bridgehead atoms. The molecule has 0 spiro atoms. The molecule has 0 aromatic heterocycles. The molecule has 0 saturated carbocycles. The molecule has 1 atom stereocenters. The Hall–Kier alpha value is -1.43. The van der Waals surface area contributed by atoms with Gasteiger partial charge < -0.3 is 5.32 Å². The van der Waals surface area contributed by atoms with E-state index in [9.17, 15) is 8.42 Å². The van der Waals surface area contributed by atoms with Gasteiger partial charge in [0, 0.05) is 21.8 Å². The lowest BCUT2D eigenvalue weighted by molar-refractivity contribution is 0.601. The third kappa shape index (κ3) is 3.16. The van der Waals surface area contributed by atoms with Gasteiger partial charge in [0.15, 0.2) is 0 Å². The van der Waals surface area contributed by atoms with E-state index in [1.165, 1.54) is 12.1 Å². The highest BCUT2D eigenvalue weighted by molar-refractivity contribution is 7.92. The van der Waals surface area contributed by atoms with Gasteiger partial charge in [-0.3, -0.25) is 4.72 Å². The van der Waals surface area contributed by atoms with Crippen LogP contribution in [0.1, 0.15) is 12.5 Å². The quantitative estimate of drug-likeness (QED) is 0.868. The van der Waals surface area contributed by atoms with Crippen molar-refractivity contribution < 1.29 is 8.42 Å². The van der Waals surface area contributed by atoms with Crippen molar-refractivity contribution in [2.24, 2.45) is 0 Å². The first-order valence-electron chi connectivity index (χ1n) is 6.72. The Labute approximate surface area is 139 Å². The summed E-state index contributed by atoms with van der Waals surface area (Å²) in [6, 6.07) is 9.96. The van der Waals surface area contributed by atoms with Crippen LogP contribution >= 0.6 is 23.2 Å². The van der Waals surface area contributed by atoms with Gasteiger partial charge in [-0.05, 0) is 55.3 Å². The zero-order chi connectivity index (χ0) is 15.9. The lowest BCUT2D eigenvalue weighted by Gasteiger charge is -2.10. The Bertz CT molecular complexity index is 817. The Balaban J connectivity index is 1.92. The third-order valence-corrected chi connectivity index (χ3v) is 5.25. The molecule has 22 heavy (non-hydrogen) atoms. The lowest BCUT2D eigenvalue weighted by Crippen LogP contribution is -2.13. The predicted octanol–water partition coefficient (Wildman–Crippen LogP) is 4.15. The number of rotatable bonds is 3. The monoisotopic (exact) mass is 356 g/mol. The normalized spacial score (nSPS) is 17.0. The highest BCUT2D eigenvalue weighted by Crippen LogP contribution is 2.29.